The molecule has 0 aliphatic rings. The molecule has 1 aromatic carbocycles. The summed E-state index contributed by atoms with van der Waals surface area (Å²) in [7, 11) is 0. The van der Waals surface area contributed by atoms with E-state index in [1.54, 1.807) is 6.08 Å². The first kappa shape index (κ1) is 18.0. The van der Waals surface area contributed by atoms with Gasteiger partial charge in [0.05, 0.1) is 6.10 Å². The van der Waals surface area contributed by atoms with E-state index in [1.165, 1.54) is 0 Å². The minimum atomic E-state index is -0.408. The van der Waals surface area contributed by atoms with Crippen molar-refractivity contribution in [2.24, 2.45) is 0 Å². The zero-order chi connectivity index (χ0) is 16.2. The monoisotopic (exact) mass is 302 g/mol. The molecule has 0 fully saturated rings. The summed E-state index contributed by atoms with van der Waals surface area (Å²) in [6.45, 7) is 6.16. The molecular weight excluding hydrogens is 276 g/mol. The molecule has 0 saturated carbocycles. The Labute approximate surface area is 133 Å². The summed E-state index contributed by atoms with van der Waals surface area (Å²) in [5, 5.41) is 0. The number of ether oxygens (including phenoxy) is 2. The van der Waals surface area contributed by atoms with Crippen molar-refractivity contribution in [3.05, 3.63) is 59.9 Å². The van der Waals surface area contributed by atoms with Gasteiger partial charge in [-0.15, -0.1) is 0 Å². The Morgan fingerprint density at radius 2 is 1.91 bits per heavy atom. The van der Waals surface area contributed by atoms with Crippen LogP contribution in [0.25, 0.3) is 0 Å². The average molecular weight is 302 g/mol. The molecule has 0 aromatic heterocycles. The van der Waals surface area contributed by atoms with E-state index in [-0.39, 0.29) is 11.9 Å². The Kier molecular flexibility index (Phi) is 8.73. The van der Waals surface area contributed by atoms with Gasteiger partial charge >= 0.3 is 5.97 Å². The zero-order valence-corrected chi connectivity index (χ0v) is 13.7. The van der Waals surface area contributed by atoms with E-state index in [0.29, 0.717) is 13.0 Å². The summed E-state index contributed by atoms with van der Waals surface area (Å²) in [4.78, 5) is 12.1. The number of carbonyl (C=O) groups is 1. The van der Waals surface area contributed by atoms with Gasteiger partial charge in [0.25, 0.3) is 0 Å². The molecule has 0 amide bonds. The van der Waals surface area contributed by atoms with Gasteiger partial charge in [0.1, 0.15) is 6.61 Å². The van der Waals surface area contributed by atoms with Crippen molar-refractivity contribution in [3.63, 3.8) is 0 Å². The molecule has 0 bridgehead atoms. The Morgan fingerprint density at radius 3 is 2.55 bits per heavy atom. The molecule has 0 aliphatic heterocycles. The van der Waals surface area contributed by atoms with Gasteiger partial charge in [0.2, 0.25) is 5.76 Å². The van der Waals surface area contributed by atoms with E-state index in [1.807, 2.05) is 50.3 Å². The standard InChI is InChI=1S/C19H26O3/c1-4-5-6-10-15-21-18(19(20)22-16(2)3)14-13-17-11-8-7-9-12-17/h6-12,14,16H,4-5,13,15H2,1-3H3/b10-6+,18-14+. The molecule has 0 saturated heterocycles. The fourth-order valence-electron chi connectivity index (χ4n) is 1.79. The van der Waals surface area contributed by atoms with Crippen LogP contribution in [0, 0.1) is 0 Å². The zero-order valence-electron chi connectivity index (χ0n) is 13.7. The first-order chi connectivity index (χ1) is 10.6. The third-order valence-corrected chi connectivity index (χ3v) is 2.87. The number of unbranched alkanes of at least 4 members (excludes halogenated alkanes) is 1. The van der Waals surface area contributed by atoms with Gasteiger partial charge in [0, 0.05) is 0 Å². The van der Waals surface area contributed by atoms with Crippen molar-refractivity contribution in [3.8, 4) is 0 Å². The average Bonchev–Trinajstić information content (AvgIpc) is 2.50. The van der Waals surface area contributed by atoms with Gasteiger partial charge in [-0.05, 0) is 38.3 Å². The van der Waals surface area contributed by atoms with E-state index < -0.39 is 5.97 Å². The second kappa shape index (κ2) is 10.7. The predicted octanol–water partition coefficient (Wildman–Crippen LogP) is 4.44. The third kappa shape index (κ3) is 7.67. The van der Waals surface area contributed by atoms with Gasteiger partial charge in [-0.3, -0.25) is 0 Å². The maximum absolute atomic E-state index is 12.1. The smallest absolute Gasteiger partial charge is 0.373 e. The van der Waals surface area contributed by atoms with Crippen molar-refractivity contribution in [1.82, 2.24) is 0 Å². The highest BCUT2D eigenvalue weighted by Gasteiger charge is 2.13. The van der Waals surface area contributed by atoms with Gasteiger partial charge < -0.3 is 9.47 Å². The molecule has 0 atom stereocenters. The van der Waals surface area contributed by atoms with Crippen LogP contribution in [0.1, 0.15) is 39.2 Å². The van der Waals surface area contributed by atoms with Gasteiger partial charge in [-0.25, -0.2) is 4.79 Å². The maximum Gasteiger partial charge on any atom is 0.373 e. The highest BCUT2D eigenvalue weighted by Crippen LogP contribution is 2.08. The maximum atomic E-state index is 12.1. The summed E-state index contributed by atoms with van der Waals surface area (Å²) in [5.41, 5.74) is 1.13. The van der Waals surface area contributed by atoms with Crippen LogP contribution in [0.3, 0.4) is 0 Å². The van der Waals surface area contributed by atoms with Crippen molar-refractivity contribution < 1.29 is 14.3 Å². The number of rotatable bonds is 9. The summed E-state index contributed by atoms with van der Waals surface area (Å²) in [6.07, 6.45) is 8.37. The minimum absolute atomic E-state index is 0.160. The number of benzene rings is 1. The van der Waals surface area contributed by atoms with Crippen molar-refractivity contribution >= 4 is 5.97 Å². The van der Waals surface area contributed by atoms with Crippen LogP contribution in [-0.4, -0.2) is 18.7 Å². The second-order valence-electron chi connectivity index (χ2n) is 5.28. The number of hydrogen-bond donors (Lipinski definition) is 0. The molecule has 0 spiro atoms. The Hall–Kier alpha value is -2.03. The molecule has 0 aliphatic carbocycles. The second-order valence-corrected chi connectivity index (χ2v) is 5.28. The van der Waals surface area contributed by atoms with Crippen LogP contribution in [-0.2, 0) is 20.7 Å². The molecule has 0 N–H and O–H groups in total. The lowest BCUT2D eigenvalue weighted by Crippen LogP contribution is -2.16. The molecule has 1 aromatic rings. The lowest BCUT2D eigenvalue weighted by Gasteiger charge is -2.11. The van der Waals surface area contributed by atoms with E-state index in [4.69, 9.17) is 9.47 Å². The summed E-state index contributed by atoms with van der Waals surface area (Å²) >= 11 is 0. The Morgan fingerprint density at radius 1 is 1.18 bits per heavy atom. The van der Waals surface area contributed by atoms with E-state index in [0.717, 1.165) is 18.4 Å². The molecule has 0 radical (unpaired) electrons. The van der Waals surface area contributed by atoms with Crippen molar-refractivity contribution in [2.75, 3.05) is 6.61 Å². The molecule has 0 unspecified atom stereocenters. The molecule has 3 nitrogen and oxygen atoms in total. The van der Waals surface area contributed by atoms with Gasteiger partial charge in [-0.1, -0.05) is 55.8 Å². The van der Waals surface area contributed by atoms with Crippen LogP contribution in [0.15, 0.2) is 54.3 Å². The quantitative estimate of drug-likeness (QED) is 0.293. The summed E-state index contributed by atoms with van der Waals surface area (Å²) in [6, 6.07) is 9.95. The van der Waals surface area contributed by atoms with Crippen molar-refractivity contribution in [2.45, 2.75) is 46.1 Å². The fourth-order valence-corrected chi connectivity index (χ4v) is 1.79. The minimum Gasteiger partial charge on any atom is -0.483 e. The van der Waals surface area contributed by atoms with Crippen LogP contribution in [0.4, 0.5) is 0 Å². The first-order valence-corrected chi connectivity index (χ1v) is 7.86. The van der Waals surface area contributed by atoms with E-state index in [2.05, 4.69) is 13.0 Å². The Balaban J connectivity index is 2.66. The molecule has 1 rings (SSSR count). The summed E-state index contributed by atoms with van der Waals surface area (Å²) < 4.78 is 10.8. The highest BCUT2D eigenvalue weighted by molar-refractivity contribution is 5.86. The topological polar surface area (TPSA) is 35.5 Å². The predicted molar refractivity (Wildman–Crippen MR) is 89.5 cm³/mol. The number of esters is 1. The van der Waals surface area contributed by atoms with Crippen LogP contribution in [0.2, 0.25) is 0 Å². The fraction of sp³-hybridized carbons (Fsp3) is 0.421. The van der Waals surface area contributed by atoms with E-state index in [9.17, 15) is 4.79 Å². The normalized spacial score (nSPS) is 11.9. The summed E-state index contributed by atoms with van der Waals surface area (Å²) in [5.74, 6) is -0.131. The largest absolute Gasteiger partial charge is 0.483 e. The molecular formula is C19H26O3. The van der Waals surface area contributed by atoms with Gasteiger partial charge in [0.15, 0.2) is 0 Å². The van der Waals surface area contributed by atoms with Crippen LogP contribution < -0.4 is 0 Å². The molecule has 0 heterocycles. The highest BCUT2D eigenvalue weighted by atomic mass is 16.6. The lowest BCUT2D eigenvalue weighted by atomic mass is 10.1. The Bertz CT molecular complexity index is 487. The first-order valence-electron chi connectivity index (χ1n) is 7.86. The molecule has 3 heteroatoms. The van der Waals surface area contributed by atoms with Gasteiger partial charge in [-0.2, -0.15) is 0 Å². The SMILES string of the molecule is CCC/C=C/CO/C(=C/Cc1ccccc1)C(=O)OC(C)C. The third-order valence-electron chi connectivity index (χ3n) is 2.87. The molecule has 22 heavy (non-hydrogen) atoms. The van der Waals surface area contributed by atoms with Crippen LogP contribution >= 0.6 is 0 Å². The number of carbonyl (C=O) groups excluding carboxylic acids is 1. The number of hydrogen-bond acceptors (Lipinski definition) is 3. The van der Waals surface area contributed by atoms with E-state index >= 15 is 0 Å². The molecule has 120 valence electrons. The number of allylic oxidation sites excluding steroid dienone is 2. The van der Waals surface area contributed by atoms with Crippen molar-refractivity contribution in [1.29, 1.82) is 0 Å². The lowest BCUT2D eigenvalue weighted by molar-refractivity contribution is -0.146. The van der Waals surface area contributed by atoms with Crippen LogP contribution in [0.5, 0.6) is 0 Å².